The van der Waals surface area contributed by atoms with E-state index in [1.807, 2.05) is 24.3 Å². The van der Waals surface area contributed by atoms with Gasteiger partial charge in [0.05, 0.1) is 13.2 Å². The molecule has 2 aromatic rings. The second kappa shape index (κ2) is 9.86. The van der Waals surface area contributed by atoms with Crippen LogP contribution in [-0.2, 0) is 0 Å². The highest BCUT2D eigenvalue weighted by Crippen LogP contribution is 2.27. The fraction of sp³-hybridized carbons (Fsp3) is 0.429. The first-order chi connectivity index (χ1) is 11.7. The molecule has 3 heteroatoms. The molecule has 0 bridgehead atoms. The number of unbranched alkanes of at least 4 members (excludes halogenated alkanes) is 2. The average molecular weight is 327 g/mol. The summed E-state index contributed by atoms with van der Waals surface area (Å²) in [6, 6.07) is 16.5. The van der Waals surface area contributed by atoms with Gasteiger partial charge in [0.1, 0.15) is 11.5 Å². The van der Waals surface area contributed by atoms with Crippen LogP contribution in [0.3, 0.4) is 0 Å². The van der Waals surface area contributed by atoms with Crippen molar-refractivity contribution < 1.29 is 9.47 Å². The number of hydrogen-bond donors (Lipinski definition) is 0. The first kappa shape index (κ1) is 18.2. The van der Waals surface area contributed by atoms with E-state index >= 15 is 0 Å². The fourth-order valence-corrected chi connectivity index (χ4v) is 2.35. The molecule has 0 aromatic heterocycles. The van der Waals surface area contributed by atoms with Gasteiger partial charge in [-0.05, 0) is 61.4 Å². The summed E-state index contributed by atoms with van der Waals surface area (Å²) in [6.45, 7) is 5.90. The van der Waals surface area contributed by atoms with E-state index in [9.17, 15) is 0 Å². The van der Waals surface area contributed by atoms with Crippen molar-refractivity contribution in [3.8, 4) is 11.5 Å². The molecule has 0 aliphatic heterocycles. The van der Waals surface area contributed by atoms with Gasteiger partial charge in [-0.1, -0.05) is 26.7 Å². The summed E-state index contributed by atoms with van der Waals surface area (Å²) >= 11 is 0. The Labute approximate surface area is 146 Å². The van der Waals surface area contributed by atoms with Crippen molar-refractivity contribution in [2.75, 3.05) is 25.2 Å². The molecule has 0 N–H and O–H groups in total. The highest BCUT2D eigenvalue weighted by atomic mass is 16.5. The van der Waals surface area contributed by atoms with Gasteiger partial charge in [-0.25, -0.2) is 0 Å². The molecule has 0 aliphatic rings. The Balaban J connectivity index is 1.93. The summed E-state index contributed by atoms with van der Waals surface area (Å²) < 4.78 is 11.4. The highest BCUT2D eigenvalue weighted by molar-refractivity contribution is 5.63. The van der Waals surface area contributed by atoms with E-state index < -0.39 is 0 Å². The maximum absolute atomic E-state index is 5.71. The van der Waals surface area contributed by atoms with Crippen LogP contribution in [0, 0.1) is 0 Å². The predicted molar refractivity (Wildman–Crippen MR) is 102 cm³/mol. The Kier molecular flexibility index (Phi) is 7.47. The smallest absolute Gasteiger partial charge is 0.119 e. The van der Waals surface area contributed by atoms with E-state index in [4.69, 9.17) is 9.47 Å². The SMILES string of the molecule is CCCCOc1ccc(N(C)c2ccc(OCCCC)cc2)cc1. The maximum atomic E-state index is 5.71. The Hall–Kier alpha value is -2.16. The lowest BCUT2D eigenvalue weighted by Crippen LogP contribution is -2.09. The molecule has 0 radical (unpaired) electrons. The van der Waals surface area contributed by atoms with Gasteiger partial charge in [-0.3, -0.25) is 0 Å². The molecule has 0 heterocycles. The van der Waals surface area contributed by atoms with Crippen LogP contribution in [0.15, 0.2) is 48.5 Å². The third-order valence-corrected chi connectivity index (χ3v) is 3.98. The molecular formula is C21H29NO2. The second-order valence-corrected chi connectivity index (χ2v) is 5.95. The second-order valence-electron chi connectivity index (χ2n) is 5.95. The van der Waals surface area contributed by atoms with E-state index in [1.54, 1.807) is 0 Å². The lowest BCUT2D eigenvalue weighted by molar-refractivity contribution is 0.309. The molecule has 2 rings (SSSR count). The van der Waals surface area contributed by atoms with Gasteiger partial charge in [0.25, 0.3) is 0 Å². The van der Waals surface area contributed by atoms with Gasteiger partial charge in [0.15, 0.2) is 0 Å². The van der Waals surface area contributed by atoms with Crippen LogP contribution in [0.4, 0.5) is 11.4 Å². The molecule has 0 aliphatic carbocycles. The molecule has 0 saturated carbocycles. The summed E-state index contributed by atoms with van der Waals surface area (Å²) in [6.07, 6.45) is 4.49. The Morgan fingerprint density at radius 2 is 1.04 bits per heavy atom. The Morgan fingerprint density at radius 3 is 1.38 bits per heavy atom. The van der Waals surface area contributed by atoms with Crippen molar-refractivity contribution >= 4 is 11.4 Å². The normalized spacial score (nSPS) is 10.5. The minimum absolute atomic E-state index is 0.783. The summed E-state index contributed by atoms with van der Waals surface area (Å²) in [7, 11) is 2.07. The van der Waals surface area contributed by atoms with Crippen LogP contribution in [0.2, 0.25) is 0 Å². The number of benzene rings is 2. The zero-order valence-corrected chi connectivity index (χ0v) is 15.1. The zero-order chi connectivity index (χ0) is 17.2. The molecule has 130 valence electrons. The molecule has 0 spiro atoms. The lowest BCUT2D eigenvalue weighted by Gasteiger charge is -2.20. The van der Waals surface area contributed by atoms with Gasteiger partial charge in [0.2, 0.25) is 0 Å². The van der Waals surface area contributed by atoms with E-state index in [0.717, 1.165) is 61.8 Å². The van der Waals surface area contributed by atoms with Crippen molar-refractivity contribution in [2.45, 2.75) is 39.5 Å². The number of anilines is 2. The summed E-state index contributed by atoms with van der Waals surface area (Å²) in [4.78, 5) is 2.16. The molecule has 2 aromatic carbocycles. The first-order valence-corrected chi connectivity index (χ1v) is 8.94. The van der Waals surface area contributed by atoms with E-state index in [-0.39, 0.29) is 0 Å². The Bertz CT molecular complexity index is 524. The van der Waals surface area contributed by atoms with Crippen LogP contribution in [0.5, 0.6) is 11.5 Å². The first-order valence-electron chi connectivity index (χ1n) is 8.94. The predicted octanol–water partition coefficient (Wildman–Crippen LogP) is 5.81. The number of nitrogens with zero attached hydrogens (tertiary/aromatic N) is 1. The standard InChI is InChI=1S/C21H29NO2/c1-4-6-16-23-20-12-8-18(9-13-20)22(3)19-10-14-21(15-11-19)24-17-7-5-2/h8-15H,4-7,16-17H2,1-3H3. The zero-order valence-electron chi connectivity index (χ0n) is 15.1. The third kappa shape index (κ3) is 5.48. The lowest BCUT2D eigenvalue weighted by atomic mass is 10.2. The molecule has 0 atom stereocenters. The molecule has 0 saturated heterocycles. The number of hydrogen-bond acceptors (Lipinski definition) is 3. The number of ether oxygens (including phenoxy) is 2. The Morgan fingerprint density at radius 1 is 0.667 bits per heavy atom. The average Bonchev–Trinajstić information content (AvgIpc) is 2.63. The van der Waals surface area contributed by atoms with Gasteiger partial charge >= 0.3 is 0 Å². The van der Waals surface area contributed by atoms with Crippen LogP contribution >= 0.6 is 0 Å². The topological polar surface area (TPSA) is 21.7 Å². The maximum Gasteiger partial charge on any atom is 0.119 e. The minimum Gasteiger partial charge on any atom is -0.494 e. The highest BCUT2D eigenvalue weighted by Gasteiger charge is 2.05. The van der Waals surface area contributed by atoms with Gasteiger partial charge < -0.3 is 14.4 Å². The van der Waals surface area contributed by atoms with Crippen LogP contribution in [-0.4, -0.2) is 20.3 Å². The van der Waals surface area contributed by atoms with Gasteiger partial charge in [-0.15, -0.1) is 0 Å². The summed E-state index contributed by atoms with van der Waals surface area (Å²) in [5, 5.41) is 0. The van der Waals surface area contributed by atoms with E-state index in [1.165, 1.54) is 0 Å². The van der Waals surface area contributed by atoms with Crippen LogP contribution in [0.1, 0.15) is 39.5 Å². The fourth-order valence-electron chi connectivity index (χ4n) is 2.35. The van der Waals surface area contributed by atoms with Crippen molar-refractivity contribution in [3.05, 3.63) is 48.5 Å². The van der Waals surface area contributed by atoms with Crippen molar-refractivity contribution in [3.63, 3.8) is 0 Å². The largest absolute Gasteiger partial charge is 0.494 e. The monoisotopic (exact) mass is 327 g/mol. The molecule has 0 fully saturated rings. The minimum atomic E-state index is 0.783. The quantitative estimate of drug-likeness (QED) is 0.514. The molecule has 24 heavy (non-hydrogen) atoms. The summed E-state index contributed by atoms with van der Waals surface area (Å²) in [5.41, 5.74) is 2.27. The van der Waals surface area contributed by atoms with Crippen molar-refractivity contribution in [1.29, 1.82) is 0 Å². The molecule has 0 amide bonds. The molecule has 0 unspecified atom stereocenters. The molecular weight excluding hydrogens is 298 g/mol. The van der Waals surface area contributed by atoms with E-state index in [0.29, 0.717) is 0 Å². The van der Waals surface area contributed by atoms with Gasteiger partial charge in [0, 0.05) is 18.4 Å². The third-order valence-electron chi connectivity index (χ3n) is 3.98. The van der Waals surface area contributed by atoms with Crippen LogP contribution in [0.25, 0.3) is 0 Å². The van der Waals surface area contributed by atoms with Gasteiger partial charge in [-0.2, -0.15) is 0 Å². The van der Waals surface area contributed by atoms with Crippen molar-refractivity contribution in [1.82, 2.24) is 0 Å². The number of rotatable bonds is 10. The van der Waals surface area contributed by atoms with Crippen molar-refractivity contribution in [2.24, 2.45) is 0 Å². The molecule has 3 nitrogen and oxygen atoms in total. The van der Waals surface area contributed by atoms with Crippen LogP contribution < -0.4 is 14.4 Å². The summed E-state index contributed by atoms with van der Waals surface area (Å²) in [5.74, 6) is 1.86. The van der Waals surface area contributed by atoms with E-state index in [2.05, 4.69) is 50.1 Å².